The third-order valence-corrected chi connectivity index (χ3v) is 6.25. The van der Waals surface area contributed by atoms with Crippen LogP contribution in [0.5, 0.6) is 5.75 Å². The van der Waals surface area contributed by atoms with E-state index in [4.69, 9.17) is 16.3 Å². The van der Waals surface area contributed by atoms with E-state index >= 15 is 0 Å². The molecule has 1 fully saturated rings. The maximum Gasteiger partial charge on any atom is 0.271 e. The number of pyridine rings is 1. The quantitative estimate of drug-likeness (QED) is 0.278. The van der Waals surface area contributed by atoms with Crippen molar-refractivity contribution in [3.8, 4) is 5.75 Å². The lowest BCUT2D eigenvalue weighted by atomic mass is 10.2. The van der Waals surface area contributed by atoms with Crippen molar-refractivity contribution >= 4 is 73.9 Å². The van der Waals surface area contributed by atoms with Gasteiger partial charge in [0.15, 0.2) is 11.8 Å². The van der Waals surface area contributed by atoms with Crippen LogP contribution in [0.4, 0.5) is 5.69 Å². The molecule has 0 spiro atoms. The molecule has 1 aromatic heterocycles. The molecule has 1 saturated heterocycles. The number of ether oxygens (including phenoxy) is 1. The Hall–Kier alpha value is -3.67. The van der Waals surface area contributed by atoms with Crippen LogP contribution < -0.4 is 20.8 Å². The van der Waals surface area contributed by atoms with E-state index < -0.39 is 5.91 Å². The molecule has 9 nitrogen and oxygen atoms in total. The monoisotopic (exact) mass is 585 g/mol. The van der Waals surface area contributed by atoms with Gasteiger partial charge >= 0.3 is 0 Å². The lowest BCUT2D eigenvalue weighted by Gasteiger charge is -2.11. The molecule has 3 amide bonds. The molecule has 4 rings (SSSR count). The molecule has 12 heteroatoms. The number of rotatable bonds is 7. The summed E-state index contributed by atoms with van der Waals surface area (Å²) in [6, 6.07) is 15.0. The second-order valence-corrected chi connectivity index (χ2v) is 9.57. The van der Waals surface area contributed by atoms with Crippen molar-refractivity contribution in [2.24, 2.45) is 5.10 Å². The first-order chi connectivity index (χ1) is 17.4. The molecular formula is C24H17BrClN5O4S. The number of hydrazone groups is 1. The SMILES string of the molecule is O=C(COc1ccc(Br)cc1/C=C1/S/C(=N/NC(=O)c2ccncc2)NC1=O)Nc1ccc(Cl)cc1. The molecule has 3 N–H and O–H groups in total. The summed E-state index contributed by atoms with van der Waals surface area (Å²) in [6.07, 6.45) is 4.60. The second kappa shape index (κ2) is 11.8. The van der Waals surface area contributed by atoms with Crippen molar-refractivity contribution in [2.75, 3.05) is 11.9 Å². The highest BCUT2D eigenvalue weighted by atomic mass is 79.9. The van der Waals surface area contributed by atoms with Crippen molar-refractivity contribution < 1.29 is 19.1 Å². The van der Waals surface area contributed by atoms with Crippen LogP contribution in [0.15, 0.2) is 81.5 Å². The number of nitrogens with zero attached hydrogens (tertiary/aromatic N) is 2. The molecule has 0 saturated carbocycles. The minimum absolute atomic E-state index is 0.216. The molecule has 2 aromatic carbocycles. The predicted molar refractivity (Wildman–Crippen MR) is 143 cm³/mol. The molecule has 36 heavy (non-hydrogen) atoms. The zero-order valence-corrected chi connectivity index (χ0v) is 21.5. The fourth-order valence-corrected chi connectivity index (χ4v) is 4.21. The molecule has 1 aliphatic heterocycles. The van der Waals surface area contributed by atoms with Gasteiger partial charge in [-0.05, 0) is 72.4 Å². The Kier molecular flexibility index (Phi) is 8.36. The molecule has 2 heterocycles. The van der Waals surface area contributed by atoms with Gasteiger partial charge in [0.05, 0.1) is 4.91 Å². The third-order valence-electron chi connectivity index (χ3n) is 4.60. The number of amides is 3. The Labute approximate surface area is 223 Å². The van der Waals surface area contributed by atoms with Crippen LogP contribution in [0.2, 0.25) is 5.02 Å². The zero-order valence-electron chi connectivity index (χ0n) is 18.3. The van der Waals surface area contributed by atoms with Gasteiger partial charge in [0.25, 0.3) is 17.7 Å². The summed E-state index contributed by atoms with van der Waals surface area (Å²) in [4.78, 5) is 41.1. The predicted octanol–water partition coefficient (Wildman–Crippen LogP) is 4.42. The van der Waals surface area contributed by atoms with E-state index in [2.05, 4.69) is 42.1 Å². The maximum atomic E-state index is 12.5. The van der Waals surface area contributed by atoms with Gasteiger partial charge in [-0.2, -0.15) is 0 Å². The number of nitrogens with one attached hydrogen (secondary N) is 3. The summed E-state index contributed by atoms with van der Waals surface area (Å²) in [7, 11) is 0. The van der Waals surface area contributed by atoms with Crippen LogP contribution in [-0.4, -0.2) is 34.5 Å². The minimum atomic E-state index is -0.434. The van der Waals surface area contributed by atoms with Gasteiger partial charge in [-0.3, -0.25) is 24.7 Å². The number of carbonyl (C=O) groups excluding carboxylic acids is 3. The largest absolute Gasteiger partial charge is 0.483 e. The van der Waals surface area contributed by atoms with Crippen LogP contribution in [0.3, 0.4) is 0 Å². The molecule has 0 bridgehead atoms. The van der Waals surface area contributed by atoms with Gasteiger partial charge in [-0.1, -0.05) is 27.5 Å². The first-order valence-electron chi connectivity index (χ1n) is 10.3. The van der Waals surface area contributed by atoms with E-state index in [1.165, 1.54) is 12.4 Å². The Bertz CT molecular complexity index is 1370. The summed E-state index contributed by atoms with van der Waals surface area (Å²) in [5, 5.41) is 10.1. The van der Waals surface area contributed by atoms with Gasteiger partial charge < -0.3 is 10.1 Å². The van der Waals surface area contributed by atoms with Crippen LogP contribution in [0.1, 0.15) is 15.9 Å². The normalized spacial score (nSPS) is 15.0. The van der Waals surface area contributed by atoms with Crippen molar-refractivity contribution in [1.82, 2.24) is 15.7 Å². The van der Waals surface area contributed by atoms with E-state index in [0.717, 1.165) is 16.2 Å². The summed E-state index contributed by atoms with van der Waals surface area (Å²) >= 11 is 10.3. The van der Waals surface area contributed by atoms with Gasteiger partial charge in [0.1, 0.15) is 5.75 Å². The van der Waals surface area contributed by atoms with E-state index in [9.17, 15) is 14.4 Å². The molecule has 0 unspecified atom stereocenters. The van der Waals surface area contributed by atoms with Crippen molar-refractivity contribution in [3.63, 3.8) is 0 Å². The number of anilines is 1. The molecule has 1 aliphatic rings. The average molecular weight is 587 g/mol. The van der Waals surface area contributed by atoms with Crippen LogP contribution in [-0.2, 0) is 9.59 Å². The van der Waals surface area contributed by atoms with E-state index in [0.29, 0.717) is 32.5 Å². The number of carbonyl (C=O) groups is 3. The van der Waals surface area contributed by atoms with Gasteiger partial charge in [-0.25, -0.2) is 5.43 Å². The molecule has 0 radical (unpaired) electrons. The fraction of sp³-hybridized carbons (Fsp3) is 0.0417. The third kappa shape index (κ3) is 6.94. The number of amidine groups is 1. The first-order valence-corrected chi connectivity index (χ1v) is 12.3. The van der Waals surface area contributed by atoms with Gasteiger partial charge in [-0.15, -0.1) is 5.10 Å². The number of hydrogen-bond donors (Lipinski definition) is 3. The van der Waals surface area contributed by atoms with E-state index in [1.54, 1.807) is 60.7 Å². The summed E-state index contributed by atoms with van der Waals surface area (Å²) in [5.74, 6) is -0.770. The highest BCUT2D eigenvalue weighted by Gasteiger charge is 2.25. The number of benzene rings is 2. The van der Waals surface area contributed by atoms with E-state index in [-0.39, 0.29) is 23.6 Å². The van der Waals surface area contributed by atoms with Crippen molar-refractivity contribution in [1.29, 1.82) is 0 Å². The summed E-state index contributed by atoms with van der Waals surface area (Å²) in [6.45, 7) is -0.243. The number of hydrogen-bond acceptors (Lipinski definition) is 7. The zero-order chi connectivity index (χ0) is 25.5. The summed E-state index contributed by atoms with van der Waals surface area (Å²) in [5.41, 5.74) is 3.94. The number of thioether (sulfide) groups is 1. The average Bonchev–Trinajstić information content (AvgIpc) is 3.23. The number of halogens is 2. The smallest absolute Gasteiger partial charge is 0.271 e. The van der Waals surface area contributed by atoms with Crippen LogP contribution in [0, 0.1) is 0 Å². The molecule has 3 aromatic rings. The topological polar surface area (TPSA) is 122 Å². The molecule has 0 atom stereocenters. The molecule has 0 aliphatic carbocycles. The van der Waals surface area contributed by atoms with Gasteiger partial charge in [0.2, 0.25) is 0 Å². The Morgan fingerprint density at radius 3 is 2.64 bits per heavy atom. The summed E-state index contributed by atoms with van der Waals surface area (Å²) < 4.78 is 6.47. The lowest BCUT2D eigenvalue weighted by Crippen LogP contribution is -2.25. The molecular weight excluding hydrogens is 570 g/mol. The minimum Gasteiger partial charge on any atom is -0.483 e. The maximum absolute atomic E-state index is 12.5. The van der Waals surface area contributed by atoms with E-state index in [1.807, 2.05) is 0 Å². The second-order valence-electron chi connectivity index (χ2n) is 7.18. The highest BCUT2D eigenvalue weighted by Crippen LogP contribution is 2.31. The Morgan fingerprint density at radius 1 is 1.14 bits per heavy atom. The lowest BCUT2D eigenvalue weighted by molar-refractivity contribution is -0.118. The standard InChI is InChI=1S/C24H17BrClN5O4S/c25-16-1-6-19(35-13-21(32)28-18-4-2-17(26)3-5-18)15(11-16)12-20-23(34)29-24(36-20)31-30-22(33)14-7-9-27-10-8-14/h1-12H,13H2,(H,28,32)(H,30,33)(H,29,31,34)/b20-12+. The number of aromatic nitrogens is 1. The first kappa shape index (κ1) is 25.4. The fourth-order valence-electron chi connectivity index (χ4n) is 2.93. The highest BCUT2D eigenvalue weighted by molar-refractivity contribution is 9.10. The Balaban J connectivity index is 1.42. The van der Waals surface area contributed by atoms with Crippen LogP contribution in [0.25, 0.3) is 6.08 Å². The Morgan fingerprint density at radius 2 is 1.89 bits per heavy atom. The van der Waals surface area contributed by atoms with Crippen molar-refractivity contribution in [3.05, 3.63) is 92.5 Å². The molecule has 182 valence electrons. The van der Waals surface area contributed by atoms with Gasteiger partial charge in [0, 0.05) is 38.7 Å². The van der Waals surface area contributed by atoms with Crippen LogP contribution >= 0.6 is 39.3 Å². The van der Waals surface area contributed by atoms with Crippen molar-refractivity contribution in [2.45, 2.75) is 0 Å².